The van der Waals surface area contributed by atoms with E-state index < -0.39 is 29.3 Å². The van der Waals surface area contributed by atoms with E-state index in [2.05, 4.69) is 10.4 Å². The second kappa shape index (κ2) is 9.67. The number of carbonyl (C=O) groups is 2. The van der Waals surface area contributed by atoms with E-state index >= 15 is 0 Å². The molecule has 0 saturated carbocycles. The highest BCUT2D eigenvalue weighted by Crippen LogP contribution is 2.41. The zero-order valence-electron chi connectivity index (χ0n) is 21.8. The van der Waals surface area contributed by atoms with Gasteiger partial charge in [0.15, 0.2) is 17.4 Å². The fraction of sp³-hybridized carbons (Fsp3) is 0.593. The summed E-state index contributed by atoms with van der Waals surface area (Å²) >= 11 is 0. The number of rotatable bonds is 5. The van der Waals surface area contributed by atoms with Crippen LogP contribution in [0.1, 0.15) is 57.1 Å². The quantitative estimate of drug-likeness (QED) is 0.655. The molecule has 4 rings (SSSR count). The van der Waals surface area contributed by atoms with Gasteiger partial charge in [-0.2, -0.15) is 5.10 Å². The number of hydrogen-bond donors (Lipinski definition) is 1. The summed E-state index contributed by atoms with van der Waals surface area (Å²) in [5.74, 6) is -4.29. The third kappa shape index (κ3) is 4.70. The number of nitrogens with zero attached hydrogens (tertiary/aromatic N) is 2. The monoisotopic (exact) mass is 503 g/mol. The molecule has 196 valence electrons. The molecule has 0 bridgehead atoms. The molecule has 1 amide bonds. The Morgan fingerprint density at radius 2 is 1.81 bits per heavy atom. The second-order valence-electron chi connectivity index (χ2n) is 11.0. The molecule has 3 atom stereocenters. The average molecular weight is 504 g/mol. The molecule has 7 nitrogen and oxygen atoms in total. The van der Waals surface area contributed by atoms with Gasteiger partial charge in [0.25, 0.3) is 0 Å². The van der Waals surface area contributed by atoms with Crippen molar-refractivity contribution in [1.29, 1.82) is 0 Å². The minimum Gasteiger partial charge on any atom is -0.359 e. The lowest BCUT2D eigenvalue weighted by Gasteiger charge is -2.36. The maximum Gasteiger partial charge on any atom is 0.250 e. The Labute approximate surface area is 210 Å². The van der Waals surface area contributed by atoms with Crippen LogP contribution < -0.4 is 5.32 Å². The van der Waals surface area contributed by atoms with E-state index in [4.69, 9.17) is 9.47 Å². The summed E-state index contributed by atoms with van der Waals surface area (Å²) in [5, 5.41) is 7.38. The number of aromatic nitrogens is 2. The molecule has 3 unspecified atom stereocenters. The van der Waals surface area contributed by atoms with E-state index in [0.29, 0.717) is 43.7 Å². The van der Waals surface area contributed by atoms with Gasteiger partial charge in [-0.3, -0.25) is 9.59 Å². The van der Waals surface area contributed by atoms with Crippen molar-refractivity contribution >= 4 is 11.8 Å². The second-order valence-corrected chi connectivity index (χ2v) is 11.0. The Hall–Kier alpha value is -2.65. The van der Waals surface area contributed by atoms with Gasteiger partial charge in [-0.25, -0.2) is 13.5 Å². The molecule has 1 aromatic heterocycles. The van der Waals surface area contributed by atoms with Gasteiger partial charge < -0.3 is 14.8 Å². The molecule has 2 heterocycles. The molecule has 36 heavy (non-hydrogen) atoms. The maximum atomic E-state index is 14.1. The summed E-state index contributed by atoms with van der Waals surface area (Å²) in [6.45, 7) is 10.6. The lowest BCUT2D eigenvalue weighted by Crippen LogP contribution is -2.44. The number of nitrogens with one attached hydrogen (secondary N) is 1. The predicted molar refractivity (Wildman–Crippen MR) is 130 cm³/mol. The first-order valence-corrected chi connectivity index (χ1v) is 12.5. The summed E-state index contributed by atoms with van der Waals surface area (Å²) in [5.41, 5.74) is 1.88. The van der Waals surface area contributed by atoms with Crippen LogP contribution in [0, 0.1) is 34.8 Å². The van der Waals surface area contributed by atoms with Crippen molar-refractivity contribution in [3.63, 3.8) is 0 Å². The molecule has 1 spiro atoms. The number of fused-ring (bicyclic) bond motifs is 1. The molecule has 1 N–H and O–H groups in total. The van der Waals surface area contributed by atoms with Crippen LogP contribution in [-0.4, -0.2) is 47.6 Å². The number of amides is 1. The average Bonchev–Trinajstić information content (AvgIpc) is 3.43. The van der Waals surface area contributed by atoms with Gasteiger partial charge in [0.1, 0.15) is 0 Å². The van der Waals surface area contributed by atoms with Crippen LogP contribution in [0.4, 0.5) is 8.78 Å². The largest absolute Gasteiger partial charge is 0.359 e. The Morgan fingerprint density at radius 1 is 1.14 bits per heavy atom. The molecule has 2 aliphatic rings. The van der Waals surface area contributed by atoms with Crippen molar-refractivity contribution in [1.82, 2.24) is 15.1 Å². The smallest absolute Gasteiger partial charge is 0.250 e. The standard InChI is InChI=1S/C27H35F2N3O4/c1-15(22(24(33)30-6)26(3,4)5)16(2)25(34)32-21-9-10-27(35-11-12-36-27)14-18(21)23(31-32)17-7-8-19(28)20(29)13-17/h7-8,13,15-16,22H,9-12,14H2,1-6H3,(H,30,33). The first-order valence-electron chi connectivity index (χ1n) is 12.5. The normalized spacial score (nSPS) is 19.6. The Morgan fingerprint density at radius 3 is 2.39 bits per heavy atom. The summed E-state index contributed by atoms with van der Waals surface area (Å²) in [6.07, 6.45) is 1.40. The van der Waals surface area contributed by atoms with Crippen molar-refractivity contribution in [2.24, 2.45) is 23.2 Å². The lowest BCUT2D eigenvalue weighted by atomic mass is 9.69. The minimum atomic E-state index is -0.985. The van der Waals surface area contributed by atoms with Crippen LogP contribution in [0.25, 0.3) is 11.3 Å². The SMILES string of the molecule is CNC(=O)C(C(C)C(C)C(=O)n1nc(-c2ccc(F)c(F)c2)c2c1CCC1(C2)OCCO1)C(C)(C)C. The van der Waals surface area contributed by atoms with Crippen molar-refractivity contribution in [3.05, 3.63) is 41.1 Å². The number of halogens is 2. The fourth-order valence-electron chi connectivity index (χ4n) is 5.68. The van der Waals surface area contributed by atoms with E-state index in [1.807, 2.05) is 34.6 Å². The topological polar surface area (TPSA) is 82.5 Å². The van der Waals surface area contributed by atoms with Crippen molar-refractivity contribution in [3.8, 4) is 11.3 Å². The van der Waals surface area contributed by atoms with Crippen LogP contribution in [0.5, 0.6) is 0 Å². The van der Waals surface area contributed by atoms with E-state index in [0.717, 1.165) is 23.4 Å². The molecule has 1 saturated heterocycles. The van der Waals surface area contributed by atoms with Gasteiger partial charge >= 0.3 is 0 Å². The van der Waals surface area contributed by atoms with Crippen molar-refractivity contribution < 1.29 is 27.8 Å². The van der Waals surface area contributed by atoms with E-state index in [1.165, 1.54) is 10.7 Å². The molecule has 9 heteroatoms. The molecular formula is C27H35F2N3O4. The zero-order valence-corrected chi connectivity index (χ0v) is 21.8. The predicted octanol–water partition coefficient (Wildman–Crippen LogP) is 4.38. The molecular weight excluding hydrogens is 468 g/mol. The van der Waals surface area contributed by atoms with Crippen LogP contribution in [0.15, 0.2) is 18.2 Å². The highest BCUT2D eigenvalue weighted by Gasteiger charge is 2.45. The van der Waals surface area contributed by atoms with Crippen molar-refractivity contribution in [2.75, 3.05) is 20.3 Å². The molecule has 1 aromatic carbocycles. The first-order chi connectivity index (χ1) is 16.9. The van der Waals surface area contributed by atoms with Gasteiger partial charge in [0, 0.05) is 42.9 Å². The zero-order chi connectivity index (χ0) is 26.4. The molecule has 0 radical (unpaired) electrons. The van der Waals surface area contributed by atoms with Crippen LogP contribution in [-0.2, 0) is 27.1 Å². The Bertz CT molecular complexity index is 1160. The van der Waals surface area contributed by atoms with Gasteiger partial charge in [-0.15, -0.1) is 0 Å². The van der Waals surface area contributed by atoms with Crippen LogP contribution >= 0.6 is 0 Å². The summed E-state index contributed by atoms with van der Waals surface area (Å²) in [6, 6.07) is 3.61. The molecule has 1 aliphatic heterocycles. The number of carbonyl (C=O) groups excluding carboxylic acids is 2. The van der Waals surface area contributed by atoms with Gasteiger partial charge in [0.2, 0.25) is 11.8 Å². The fourth-order valence-corrected chi connectivity index (χ4v) is 5.68. The maximum absolute atomic E-state index is 14.1. The highest BCUT2D eigenvalue weighted by atomic mass is 19.2. The van der Waals surface area contributed by atoms with E-state index in [9.17, 15) is 18.4 Å². The van der Waals surface area contributed by atoms with E-state index in [-0.39, 0.29) is 23.1 Å². The summed E-state index contributed by atoms with van der Waals surface area (Å²) in [4.78, 5) is 26.6. The summed E-state index contributed by atoms with van der Waals surface area (Å²) in [7, 11) is 1.60. The number of hydrogen-bond acceptors (Lipinski definition) is 5. The van der Waals surface area contributed by atoms with E-state index in [1.54, 1.807) is 7.05 Å². The third-order valence-electron chi connectivity index (χ3n) is 7.66. The van der Waals surface area contributed by atoms with Crippen molar-refractivity contribution in [2.45, 2.75) is 59.7 Å². The number of benzene rings is 1. The summed E-state index contributed by atoms with van der Waals surface area (Å²) < 4.78 is 41.0. The minimum absolute atomic E-state index is 0.114. The van der Waals surface area contributed by atoms with Crippen LogP contribution in [0.2, 0.25) is 0 Å². The van der Waals surface area contributed by atoms with Crippen LogP contribution in [0.3, 0.4) is 0 Å². The Kier molecular flexibility index (Phi) is 7.09. The molecule has 1 fully saturated rings. The molecule has 2 aromatic rings. The third-order valence-corrected chi connectivity index (χ3v) is 7.66. The Balaban J connectivity index is 1.76. The first kappa shape index (κ1) is 26.4. The van der Waals surface area contributed by atoms with Gasteiger partial charge in [0.05, 0.1) is 24.6 Å². The molecule has 1 aliphatic carbocycles. The number of ether oxygens (including phenoxy) is 2. The highest BCUT2D eigenvalue weighted by molar-refractivity contribution is 5.85. The van der Waals surface area contributed by atoms with Gasteiger partial charge in [-0.1, -0.05) is 34.6 Å². The van der Waals surface area contributed by atoms with Gasteiger partial charge in [-0.05, 0) is 36.0 Å². The lowest BCUT2D eigenvalue weighted by molar-refractivity contribution is -0.163.